The third kappa shape index (κ3) is 5.39. The molecule has 0 unspecified atom stereocenters. The van der Waals surface area contributed by atoms with Gasteiger partial charge in [0.15, 0.2) is 0 Å². The fraction of sp³-hybridized carbons (Fsp3) is 0.100. The molecular weight excluding hydrogens is 767 g/mol. The van der Waals surface area contributed by atoms with Gasteiger partial charge in [0.2, 0.25) is 0 Å². The quantitative estimate of drug-likeness (QED) is 0.162. The Morgan fingerprint density at radius 2 is 0.871 bits per heavy atom. The highest BCUT2D eigenvalue weighted by Crippen LogP contribution is 2.54. The summed E-state index contributed by atoms with van der Waals surface area (Å²) < 4.78 is 2.59. The van der Waals surface area contributed by atoms with Crippen LogP contribution in [0.5, 0.6) is 0 Å². The van der Waals surface area contributed by atoms with Crippen molar-refractivity contribution in [3.63, 3.8) is 0 Å². The van der Waals surface area contributed by atoms with Crippen LogP contribution in [0.1, 0.15) is 49.9 Å². The first-order chi connectivity index (χ1) is 30.3. The highest BCUT2D eigenvalue weighted by Gasteiger charge is 2.38. The Morgan fingerprint density at radius 3 is 1.65 bits per heavy atom. The summed E-state index contributed by atoms with van der Waals surface area (Å²) >= 11 is 1.87. The molecule has 0 spiro atoms. The molecule has 12 rings (SSSR count). The molecule has 0 saturated heterocycles. The normalized spacial score (nSPS) is 14.1. The molecule has 0 atom stereocenters. The molecule has 1 aromatic heterocycles. The van der Waals surface area contributed by atoms with Crippen molar-refractivity contribution < 1.29 is 0 Å². The van der Waals surface area contributed by atoms with E-state index in [4.69, 9.17) is 0 Å². The first kappa shape index (κ1) is 36.8. The van der Waals surface area contributed by atoms with E-state index in [0.717, 1.165) is 11.4 Å². The monoisotopic (exact) mass is 811 g/mol. The van der Waals surface area contributed by atoms with Crippen LogP contribution in [0, 0.1) is 0 Å². The number of benzene rings is 9. The number of fused-ring (bicyclic) bond motifs is 9. The number of nitrogens with zero attached hydrogens (tertiary/aromatic N) is 1. The van der Waals surface area contributed by atoms with Crippen molar-refractivity contribution >= 4 is 48.6 Å². The second kappa shape index (κ2) is 13.8. The number of hydrogen-bond acceptors (Lipinski definition) is 2. The van der Waals surface area contributed by atoms with Crippen molar-refractivity contribution in [2.45, 2.75) is 38.5 Å². The Kier molecular flexibility index (Phi) is 8.17. The molecule has 296 valence electrons. The van der Waals surface area contributed by atoms with E-state index >= 15 is 0 Å². The molecular formula is C60H45NS. The zero-order valence-corrected chi connectivity index (χ0v) is 36.2. The Hall–Kier alpha value is -7.00. The molecule has 62 heavy (non-hydrogen) atoms. The van der Waals surface area contributed by atoms with Gasteiger partial charge in [0.1, 0.15) is 0 Å². The molecule has 1 heterocycles. The minimum absolute atomic E-state index is 0.0938. The molecule has 0 fully saturated rings. The summed E-state index contributed by atoms with van der Waals surface area (Å²) in [6.45, 7) is 9.50. The molecule has 2 aliphatic rings. The van der Waals surface area contributed by atoms with Gasteiger partial charge in [-0.25, -0.2) is 0 Å². The lowest BCUT2D eigenvalue weighted by atomic mass is 9.78. The van der Waals surface area contributed by atoms with E-state index in [-0.39, 0.29) is 10.8 Å². The fourth-order valence-corrected chi connectivity index (χ4v) is 12.1. The van der Waals surface area contributed by atoms with Gasteiger partial charge in [-0.3, -0.25) is 0 Å². The average molecular weight is 812 g/mol. The van der Waals surface area contributed by atoms with E-state index in [1.165, 1.54) is 104 Å². The lowest BCUT2D eigenvalue weighted by molar-refractivity contribution is 0.660. The van der Waals surface area contributed by atoms with Crippen molar-refractivity contribution in [3.05, 3.63) is 222 Å². The minimum Gasteiger partial charge on any atom is -0.309 e. The van der Waals surface area contributed by atoms with Crippen molar-refractivity contribution in [3.8, 4) is 55.6 Å². The van der Waals surface area contributed by atoms with Gasteiger partial charge in [-0.15, -0.1) is 11.3 Å². The third-order valence-electron chi connectivity index (χ3n) is 13.9. The predicted octanol–water partition coefficient (Wildman–Crippen LogP) is 17.1. The zero-order valence-electron chi connectivity index (χ0n) is 35.4. The summed E-state index contributed by atoms with van der Waals surface area (Å²) in [6.07, 6.45) is 0. The summed E-state index contributed by atoms with van der Waals surface area (Å²) in [4.78, 5) is 2.50. The number of para-hydroxylation sites is 1. The molecule has 0 saturated carbocycles. The van der Waals surface area contributed by atoms with Crippen LogP contribution in [0.2, 0.25) is 0 Å². The van der Waals surface area contributed by atoms with Gasteiger partial charge in [0.05, 0.1) is 11.4 Å². The number of anilines is 3. The second-order valence-electron chi connectivity index (χ2n) is 18.0. The maximum Gasteiger partial charge on any atom is 0.0555 e. The minimum atomic E-state index is -0.112. The first-order valence-corrected chi connectivity index (χ1v) is 22.6. The van der Waals surface area contributed by atoms with Gasteiger partial charge in [0, 0.05) is 42.3 Å². The van der Waals surface area contributed by atoms with Crippen LogP contribution in [-0.2, 0) is 10.8 Å². The maximum absolute atomic E-state index is 2.50. The lowest BCUT2D eigenvalue weighted by Crippen LogP contribution is -2.16. The molecule has 0 N–H and O–H groups in total. The van der Waals surface area contributed by atoms with Crippen molar-refractivity contribution in [2.75, 3.05) is 4.90 Å². The van der Waals surface area contributed by atoms with Crippen molar-refractivity contribution in [2.24, 2.45) is 0 Å². The summed E-state index contributed by atoms with van der Waals surface area (Å²) in [5, 5.41) is 2.57. The standard InChI is InChI=1S/C60H45NS/c1-59(2)50-25-11-7-20-44(50)46-36-33-39(37-52(46)59)42-18-9-13-27-53(42)61(54-28-16-30-56-57(54)49-22-10-14-29-55(49)62-56)40-34-31-38(32-35-40)41-17-5-6-19-43(41)47-23-15-24-48-45-21-8-12-26-51(45)60(3,4)58(47)48/h5-37H,1-4H3. The molecule has 9 aromatic carbocycles. The van der Waals surface area contributed by atoms with Gasteiger partial charge in [-0.2, -0.15) is 0 Å². The highest BCUT2D eigenvalue weighted by molar-refractivity contribution is 7.26. The van der Waals surface area contributed by atoms with Gasteiger partial charge in [-0.05, 0) is 115 Å². The second-order valence-corrected chi connectivity index (χ2v) is 19.1. The molecule has 0 bridgehead atoms. The van der Waals surface area contributed by atoms with E-state index in [1.54, 1.807) is 0 Å². The van der Waals surface area contributed by atoms with Crippen LogP contribution in [-0.4, -0.2) is 0 Å². The van der Waals surface area contributed by atoms with E-state index < -0.39 is 0 Å². The Bertz CT molecular complexity index is 3420. The van der Waals surface area contributed by atoms with E-state index in [2.05, 4.69) is 233 Å². The molecule has 2 aliphatic carbocycles. The van der Waals surface area contributed by atoms with E-state index in [9.17, 15) is 0 Å². The van der Waals surface area contributed by atoms with E-state index in [0.29, 0.717) is 0 Å². The van der Waals surface area contributed by atoms with Gasteiger partial charge < -0.3 is 4.90 Å². The third-order valence-corrected chi connectivity index (χ3v) is 15.0. The number of hydrogen-bond donors (Lipinski definition) is 0. The summed E-state index contributed by atoms with van der Waals surface area (Å²) in [7, 11) is 0. The highest BCUT2D eigenvalue weighted by atomic mass is 32.1. The largest absolute Gasteiger partial charge is 0.309 e. The SMILES string of the molecule is CC1(C)c2ccccc2-c2ccc(-c3ccccc3N(c3ccc(-c4ccccc4-c4cccc5c4C(C)(C)c4ccccc4-5)cc3)c3cccc4sc5ccccc5c34)cc21. The molecule has 2 heteroatoms. The maximum atomic E-state index is 2.50. The predicted molar refractivity (Wildman–Crippen MR) is 265 cm³/mol. The summed E-state index contributed by atoms with van der Waals surface area (Å²) in [5.41, 5.74) is 21.6. The Balaban J connectivity index is 1.02. The van der Waals surface area contributed by atoms with Crippen LogP contribution in [0.25, 0.3) is 75.8 Å². The fourth-order valence-electron chi connectivity index (χ4n) is 11.0. The zero-order chi connectivity index (χ0) is 41.7. The van der Waals surface area contributed by atoms with Crippen LogP contribution >= 0.6 is 11.3 Å². The molecule has 1 nitrogen and oxygen atoms in total. The molecule has 10 aromatic rings. The summed E-state index contributed by atoms with van der Waals surface area (Å²) in [5.74, 6) is 0. The first-order valence-electron chi connectivity index (χ1n) is 21.8. The summed E-state index contributed by atoms with van der Waals surface area (Å²) in [6, 6.07) is 74.7. The van der Waals surface area contributed by atoms with Crippen LogP contribution in [0.3, 0.4) is 0 Å². The van der Waals surface area contributed by atoms with Gasteiger partial charge >= 0.3 is 0 Å². The lowest BCUT2D eigenvalue weighted by Gasteiger charge is -2.29. The number of rotatable bonds is 6. The smallest absolute Gasteiger partial charge is 0.0555 e. The van der Waals surface area contributed by atoms with Crippen molar-refractivity contribution in [1.82, 2.24) is 0 Å². The van der Waals surface area contributed by atoms with Crippen LogP contribution in [0.4, 0.5) is 17.1 Å². The number of thiophene rings is 1. The Labute approximate surface area is 368 Å². The average Bonchev–Trinajstić information content (AvgIpc) is 3.90. The van der Waals surface area contributed by atoms with Gasteiger partial charge in [0.25, 0.3) is 0 Å². The molecule has 0 aliphatic heterocycles. The van der Waals surface area contributed by atoms with Gasteiger partial charge in [-0.1, -0.05) is 185 Å². The topological polar surface area (TPSA) is 3.24 Å². The van der Waals surface area contributed by atoms with Crippen LogP contribution < -0.4 is 4.90 Å². The molecule has 0 amide bonds. The van der Waals surface area contributed by atoms with Crippen LogP contribution in [0.15, 0.2) is 200 Å². The van der Waals surface area contributed by atoms with E-state index in [1.807, 2.05) is 11.3 Å². The molecule has 0 radical (unpaired) electrons. The Morgan fingerprint density at radius 1 is 0.355 bits per heavy atom. The van der Waals surface area contributed by atoms with Crippen molar-refractivity contribution in [1.29, 1.82) is 0 Å².